The van der Waals surface area contributed by atoms with E-state index >= 15 is 0 Å². The third kappa shape index (κ3) is 3.79. The van der Waals surface area contributed by atoms with Crippen LogP contribution in [0.4, 0.5) is 5.69 Å². The molecule has 0 atom stereocenters. The summed E-state index contributed by atoms with van der Waals surface area (Å²) in [7, 11) is 0. The Balaban J connectivity index is 1.43. The third-order valence-corrected chi connectivity index (χ3v) is 5.50. The quantitative estimate of drug-likeness (QED) is 0.319. The molecule has 5 nitrogen and oxygen atoms in total. The summed E-state index contributed by atoms with van der Waals surface area (Å²) in [5, 5.41) is 5.50. The van der Waals surface area contributed by atoms with Gasteiger partial charge in [-0.2, -0.15) is 0 Å². The van der Waals surface area contributed by atoms with E-state index in [-0.39, 0.29) is 5.91 Å². The molecule has 1 aromatic heterocycles. The topological polar surface area (TPSA) is 64.4 Å². The third-order valence-electron chi connectivity index (χ3n) is 5.17. The van der Waals surface area contributed by atoms with Crippen molar-refractivity contribution in [1.29, 1.82) is 0 Å². The number of fused-ring (bicyclic) bond motifs is 2. The standard InChI is InChI=1S/C26H19ClN2O3/c1-2-31-18-12-9-16(10-13-18)25(30)28-17-11-14-24-23(15-17)29-26(32-24)21-7-3-6-20-19(21)5-4-8-22(20)27/h3-15H,2H2,1H3,(H,28,30). The van der Waals surface area contributed by atoms with E-state index < -0.39 is 0 Å². The van der Waals surface area contributed by atoms with E-state index in [0.717, 1.165) is 22.1 Å². The van der Waals surface area contributed by atoms with Gasteiger partial charge in [0.25, 0.3) is 5.91 Å². The maximum Gasteiger partial charge on any atom is 0.255 e. The molecule has 32 heavy (non-hydrogen) atoms. The van der Waals surface area contributed by atoms with E-state index in [4.69, 9.17) is 20.8 Å². The van der Waals surface area contributed by atoms with Crippen molar-refractivity contribution in [2.75, 3.05) is 11.9 Å². The lowest BCUT2D eigenvalue weighted by Gasteiger charge is -2.06. The minimum absolute atomic E-state index is 0.209. The number of ether oxygens (including phenoxy) is 1. The molecule has 0 aliphatic carbocycles. The van der Waals surface area contributed by atoms with E-state index in [1.54, 1.807) is 42.5 Å². The Bertz CT molecular complexity index is 1440. The lowest BCUT2D eigenvalue weighted by molar-refractivity contribution is 0.102. The van der Waals surface area contributed by atoms with Gasteiger partial charge >= 0.3 is 0 Å². The monoisotopic (exact) mass is 442 g/mol. The number of rotatable bonds is 5. The number of anilines is 1. The molecule has 0 saturated heterocycles. The van der Waals surface area contributed by atoms with Gasteiger partial charge in [0.05, 0.1) is 6.61 Å². The fraction of sp³-hybridized carbons (Fsp3) is 0.0769. The molecule has 1 heterocycles. The first kappa shape index (κ1) is 20.1. The minimum Gasteiger partial charge on any atom is -0.494 e. The SMILES string of the molecule is CCOc1ccc(C(=O)Nc2ccc3oc(-c4cccc5c(Cl)cccc45)nc3c2)cc1. The Morgan fingerprint density at radius 1 is 1.00 bits per heavy atom. The number of oxazole rings is 1. The molecule has 0 unspecified atom stereocenters. The predicted molar refractivity (Wildman–Crippen MR) is 128 cm³/mol. The predicted octanol–water partition coefficient (Wildman–Crippen LogP) is 6.95. The highest BCUT2D eigenvalue weighted by Crippen LogP contribution is 2.34. The van der Waals surface area contributed by atoms with E-state index in [1.165, 1.54) is 0 Å². The van der Waals surface area contributed by atoms with Crippen LogP contribution in [0, 0.1) is 0 Å². The average molecular weight is 443 g/mol. The summed E-state index contributed by atoms with van der Waals surface area (Å²) in [4.78, 5) is 17.3. The second kappa shape index (κ2) is 8.36. The first-order valence-corrected chi connectivity index (χ1v) is 10.6. The summed E-state index contributed by atoms with van der Waals surface area (Å²) in [6.07, 6.45) is 0. The highest BCUT2D eigenvalue weighted by molar-refractivity contribution is 6.35. The molecule has 0 bridgehead atoms. The summed E-state index contributed by atoms with van der Waals surface area (Å²) >= 11 is 6.34. The van der Waals surface area contributed by atoms with Crippen molar-refractivity contribution in [3.63, 3.8) is 0 Å². The van der Waals surface area contributed by atoms with Crippen LogP contribution in [0.3, 0.4) is 0 Å². The molecule has 0 aliphatic heterocycles. The second-order valence-corrected chi connectivity index (χ2v) is 7.66. The van der Waals surface area contributed by atoms with Gasteiger partial charge in [0.2, 0.25) is 5.89 Å². The van der Waals surface area contributed by atoms with Crippen molar-refractivity contribution in [2.24, 2.45) is 0 Å². The molecule has 5 rings (SSSR count). The van der Waals surface area contributed by atoms with Crippen LogP contribution >= 0.6 is 11.6 Å². The first-order chi connectivity index (χ1) is 15.6. The summed E-state index contributed by atoms with van der Waals surface area (Å²) in [5.74, 6) is 1.03. The molecule has 1 N–H and O–H groups in total. The lowest BCUT2D eigenvalue weighted by Crippen LogP contribution is -2.11. The van der Waals surface area contributed by atoms with Gasteiger partial charge in [-0.15, -0.1) is 0 Å². The zero-order valence-corrected chi connectivity index (χ0v) is 18.0. The molecule has 0 fully saturated rings. The van der Waals surface area contributed by atoms with Gasteiger partial charge in [0, 0.05) is 27.2 Å². The molecule has 0 radical (unpaired) electrons. The van der Waals surface area contributed by atoms with E-state index in [0.29, 0.717) is 39.9 Å². The molecule has 0 saturated carbocycles. The van der Waals surface area contributed by atoms with Crippen LogP contribution in [-0.4, -0.2) is 17.5 Å². The number of hydrogen-bond donors (Lipinski definition) is 1. The van der Waals surface area contributed by atoms with Gasteiger partial charge in [-0.05, 0) is 66.9 Å². The number of hydrogen-bond acceptors (Lipinski definition) is 4. The fourth-order valence-corrected chi connectivity index (χ4v) is 3.89. The molecule has 158 valence electrons. The lowest BCUT2D eigenvalue weighted by atomic mass is 10.0. The summed E-state index contributed by atoms with van der Waals surface area (Å²) in [6, 6.07) is 24.0. The van der Waals surface area contributed by atoms with Crippen LogP contribution in [0.1, 0.15) is 17.3 Å². The summed E-state index contributed by atoms with van der Waals surface area (Å²) in [6.45, 7) is 2.50. The van der Waals surface area contributed by atoms with Crippen molar-refractivity contribution in [1.82, 2.24) is 4.98 Å². The van der Waals surface area contributed by atoms with Crippen molar-refractivity contribution in [2.45, 2.75) is 6.92 Å². The maximum atomic E-state index is 12.6. The number of nitrogens with zero attached hydrogens (tertiary/aromatic N) is 1. The minimum atomic E-state index is -0.209. The van der Waals surface area contributed by atoms with Gasteiger partial charge in [0.1, 0.15) is 11.3 Å². The summed E-state index contributed by atoms with van der Waals surface area (Å²) in [5.41, 5.74) is 3.34. The molecule has 5 aromatic rings. The smallest absolute Gasteiger partial charge is 0.255 e. The highest BCUT2D eigenvalue weighted by Gasteiger charge is 2.14. The number of nitrogens with one attached hydrogen (secondary N) is 1. The van der Waals surface area contributed by atoms with Crippen molar-refractivity contribution in [3.8, 4) is 17.2 Å². The molecule has 4 aromatic carbocycles. The van der Waals surface area contributed by atoms with Gasteiger partial charge in [0.15, 0.2) is 5.58 Å². The molecular weight excluding hydrogens is 424 g/mol. The Kier molecular flexibility index (Phi) is 5.25. The molecular formula is C26H19ClN2O3. The van der Waals surface area contributed by atoms with Crippen LogP contribution in [-0.2, 0) is 0 Å². The van der Waals surface area contributed by atoms with Crippen LogP contribution in [0.25, 0.3) is 33.3 Å². The largest absolute Gasteiger partial charge is 0.494 e. The molecule has 1 amide bonds. The number of carbonyl (C=O) groups excluding carboxylic acids is 1. The first-order valence-electron chi connectivity index (χ1n) is 10.2. The van der Waals surface area contributed by atoms with Gasteiger partial charge in [-0.25, -0.2) is 4.98 Å². The fourth-order valence-electron chi connectivity index (χ4n) is 3.65. The van der Waals surface area contributed by atoms with Crippen LogP contribution in [0.15, 0.2) is 83.3 Å². The maximum absolute atomic E-state index is 12.6. The van der Waals surface area contributed by atoms with E-state index in [9.17, 15) is 4.79 Å². The average Bonchev–Trinajstić information content (AvgIpc) is 3.23. The Morgan fingerprint density at radius 3 is 2.59 bits per heavy atom. The van der Waals surface area contributed by atoms with Gasteiger partial charge < -0.3 is 14.5 Å². The van der Waals surface area contributed by atoms with Crippen LogP contribution < -0.4 is 10.1 Å². The summed E-state index contributed by atoms with van der Waals surface area (Å²) < 4.78 is 11.4. The van der Waals surface area contributed by atoms with E-state index in [1.807, 2.05) is 43.3 Å². The van der Waals surface area contributed by atoms with Crippen molar-refractivity contribution < 1.29 is 13.9 Å². The zero-order valence-electron chi connectivity index (χ0n) is 17.3. The molecule has 6 heteroatoms. The van der Waals surface area contributed by atoms with Crippen molar-refractivity contribution >= 4 is 45.1 Å². The highest BCUT2D eigenvalue weighted by atomic mass is 35.5. The number of carbonyl (C=O) groups is 1. The Morgan fingerprint density at radius 2 is 1.78 bits per heavy atom. The van der Waals surface area contributed by atoms with Gasteiger partial charge in [-0.1, -0.05) is 35.9 Å². The van der Waals surface area contributed by atoms with Crippen LogP contribution in [0.5, 0.6) is 5.75 Å². The molecule has 0 aliphatic rings. The number of benzene rings is 4. The van der Waals surface area contributed by atoms with Gasteiger partial charge in [-0.3, -0.25) is 4.79 Å². The normalized spacial score (nSPS) is 11.1. The Hall–Kier alpha value is -3.83. The second-order valence-electron chi connectivity index (χ2n) is 7.25. The molecule has 0 spiro atoms. The van der Waals surface area contributed by atoms with Crippen LogP contribution in [0.2, 0.25) is 5.02 Å². The zero-order chi connectivity index (χ0) is 22.1. The van der Waals surface area contributed by atoms with Crippen molar-refractivity contribution in [3.05, 3.63) is 89.4 Å². The Labute approximate surface area is 189 Å². The number of aromatic nitrogens is 1. The van der Waals surface area contributed by atoms with E-state index in [2.05, 4.69) is 10.3 Å². The number of halogens is 1. The number of amides is 1.